The molecule has 21 heavy (non-hydrogen) atoms. The van der Waals surface area contributed by atoms with Crippen molar-refractivity contribution in [2.45, 2.75) is 6.92 Å². The molecular formula is C15H16ClNO4. The van der Waals surface area contributed by atoms with Gasteiger partial charge in [0.15, 0.2) is 0 Å². The second-order valence-electron chi connectivity index (χ2n) is 5.07. The van der Waals surface area contributed by atoms with Crippen LogP contribution in [0.1, 0.15) is 12.5 Å². The van der Waals surface area contributed by atoms with E-state index in [1.807, 2.05) is 0 Å². The first-order chi connectivity index (χ1) is 9.88. The summed E-state index contributed by atoms with van der Waals surface area (Å²) in [7, 11) is 1.58. The Morgan fingerprint density at radius 1 is 1.48 bits per heavy atom. The second kappa shape index (κ2) is 6.18. The number of likely N-dealkylation sites (N-methyl/N-ethyl adjacent to an activating group) is 1. The van der Waals surface area contributed by atoms with Crippen LogP contribution in [0.5, 0.6) is 5.75 Å². The van der Waals surface area contributed by atoms with Gasteiger partial charge in [0, 0.05) is 24.2 Å². The third-order valence-corrected chi connectivity index (χ3v) is 3.51. The molecular weight excluding hydrogens is 294 g/mol. The Labute approximate surface area is 127 Å². The zero-order valence-corrected chi connectivity index (χ0v) is 12.6. The molecule has 1 amide bonds. The topological polar surface area (TPSA) is 66.8 Å². The van der Waals surface area contributed by atoms with Crippen molar-refractivity contribution in [3.63, 3.8) is 0 Å². The summed E-state index contributed by atoms with van der Waals surface area (Å²) >= 11 is 5.92. The molecule has 1 aromatic rings. The number of carbonyl (C=O) groups excluding carboxylic acids is 1. The number of rotatable bonds is 4. The molecule has 1 aliphatic rings. The highest BCUT2D eigenvalue weighted by Gasteiger charge is 2.23. The van der Waals surface area contributed by atoms with E-state index in [0.29, 0.717) is 16.3 Å². The van der Waals surface area contributed by atoms with Crippen molar-refractivity contribution in [2.24, 2.45) is 5.92 Å². The Bertz CT molecular complexity index is 612. The standard InChI is InChI=1S/C15H16ClNO4/c1-9(15(19)20)7-17(2)14(18)11-5-10-6-12(16)3-4-13(10)21-8-11/h3-6,9H,7-8H2,1-2H3,(H,19,20). The van der Waals surface area contributed by atoms with Gasteiger partial charge >= 0.3 is 5.97 Å². The SMILES string of the molecule is CC(CN(C)C(=O)C1=Cc2cc(Cl)ccc2OC1)C(=O)O. The minimum Gasteiger partial charge on any atom is -0.488 e. The number of nitrogens with zero attached hydrogens (tertiary/aromatic N) is 1. The predicted octanol–water partition coefficient (Wildman–Crippen LogP) is 2.29. The largest absolute Gasteiger partial charge is 0.488 e. The van der Waals surface area contributed by atoms with Gasteiger partial charge in [-0.1, -0.05) is 18.5 Å². The number of aliphatic carboxylic acids is 1. The number of hydrogen-bond donors (Lipinski definition) is 1. The summed E-state index contributed by atoms with van der Waals surface area (Å²) in [4.78, 5) is 24.5. The number of ether oxygens (including phenoxy) is 1. The highest BCUT2D eigenvalue weighted by atomic mass is 35.5. The Kier molecular flexibility index (Phi) is 4.53. The Morgan fingerprint density at radius 2 is 2.19 bits per heavy atom. The molecule has 2 rings (SSSR count). The van der Waals surface area contributed by atoms with Gasteiger partial charge in [-0.2, -0.15) is 0 Å². The summed E-state index contributed by atoms with van der Waals surface area (Å²) < 4.78 is 5.52. The van der Waals surface area contributed by atoms with Crippen molar-refractivity contribution in [1.29, 1.82) is 0 Å². The van der Waals surface area contributed by atoms with Crippen molar-refractivity contribution in [1.82, 2.24) is 4.90 Å². The van der Waals surface area contributed by atoms with E-state index in [2.05, 4.69) is 0 Å². The fourth-order valence-electron chi connectivity index (χ4n) is 2.09. The van der Waals surface area contributed by atoms with Crippen LogP contribution in [0.15, 0.2) is 23.8 Å². The maximum atomic E-state index is 12.3. The minimum absolute atomic E-state index is 0.147. The molecule has 0 aromatic heterocycles. The molecule has 1 atom stereocenters. The van der Waals surface area contributed by atoms with E-state index < -0.39 is 11.9 Å². The molecule has 112 valence electrons. The van der Waals surface area contributed by atoms with Crippen LogP contribution in [0.25, 0.3) is 6.08 Å². The Hall–Kier alpha value is -2.01. The lowest BCUT2D eigenvalue weighted by molar-refractivity contribution is -0.142. The number of hydrogen-bond acceptors (Lipinski definition) is 3. The van der Waals surface area contributed by atoms with E-state index >= 15 is 0 Å². The van der Waals surface area contributed by atoms with Crippen LogP contribution >= 0.6 is 11.6 Å². The fourth-order valence-corrected chi connectivity index (χ4v) is 2.27. The number of carbonyl (C=O) groups is 2. The molecule has 0 saturated heterocycles. The molecule has 1 unspecified atom stereocenters. The van der Waals surface area contributed by atoms with Crippen LogP contribution in [-0.2, 0) is 9.59 Å². The fraction of sp³-hybridized carbons (Fsp3) is 0.333. The zero-order valence-electron chi connectivity index (χ0n) is 11.8. The van der Waals surface area contributed by atoms with Crippen molar-refractivity contribution < 1.29 is 19.4 Å². The summed E-state index contributed by atoms with van der Waals surface area (Å²) in [5.41, 5.74) is 1.22. The average molecular weight is 310 g/mol. The summed E-state index contributed by atoms with van der Waals surface area (Å²) in [6, 6.07) is 5.20. The maximum Gasteiger partial charge on any atom is 0.308 e. The molecule has 1 aromatic carbocycles. The normalized spacial score (nSPS) is 14.5. The summed E-state index contributed by atoms with van der Waals surface area (Å²) in [6.45, 7) is 1.88. The smallest absolute Gasteiger partial charge is 0.308 e. The first kappa shape index (κ1) is 15.4. The number of halogens is 1. The predicted molar refractivity (Wildman–Crippen MR) is 79.4 cm³/mol. The summed E-state index contributed by atoms with van der Waals surface area (Å²) in [5.74, 6) is -1.11. The lowest BCUT2D eigenvalue weighted by Crippen LogP contribution is -2.36. The van der Waals surface area contributed by atoms with Crippen LogP contribution in [0.4, 0.5) is 0 Å². The quantitative estimate of drug-likeness (QED) is 0.926. The van der Waals surface area contributed by atoms with Crippen LogP contribution in [0.2, 0.25) is 5.02 Å². The molecule has 0 radical (unpaired) electrons. The van der Waals surface area contributed by atoms with Crippen LogP contribution < -0.4 is 4.74 Å². The third kappa shape index (κ3) is 3.55. The molecule has 5 nitrogen and oxygen atoms in total. The number of benzene rings is 1. The number of fused-ring (bicyclic) bond motifs is 1. The summed E-state index contributed by atoms with van der Waals surface area (Å²) in [5, 5.41) is 9.46. The highest BCUT2D eigenvalue weighted by molar-refractivity contribution is 6.30. The van der Waals surface area contributed by atoms with E-state index in [0.717, 1.165) is 5.56 Å². The van der Waals surface area contributed by atoms with Crippen LogP contribution in [-0.4, -0.2) is 42.1 Å². The Balaban J connectivity index is 2.15. The lowest BCUT2D eigenvalue weighted by atomic mass is 10.1. The van der Waals surface area contributed by atoms with Gasteiger partial charge in [0.05, 0.1) is 11.5 Å². The van der Waals surface area contributed by atoms with E-state index in [-0.39, 0.29) is 19.1 Å². The molecule has 1 heterocycles. The summed E-state index contributed by atoms with van der Waals surface area (Å²) in [6.07, 6.45) is 1.73. The van der Waals surface area contributed by atoms with Crippen molar-refractivity contribution >= 4 is 29.6 Å². The average Bonchev–Trinajstić information content (AvgIpc) is 2.45. The lowest BCUT2D eigenvalue weighted by Gasteiger charge is -2.23. The van der Waals surface area contributed by atoms with Gasteiger partial charge in [-0.25, -0.2) is 0 Å². The first-order valence-electron chi connectivity index (χ1n) is 6.49. The van der Waals surface area contributed by atoms with Gasteiger partial charge in [0.25, 0.3) is 5.91 Å². The van der Waals surface area contributed by atoms with Crippen molar-refractivity contribution in [2.75, 3.05) is 20.2 Å². The maximum absolute atomic E-state index is 12.3. The molecule has 1 aliphatic heterocycles. The van der Waals surface area contributed by atoms with E-state index in [4.69, 9.17) is 21.4 Å². The molecule has 0 aliphatic carbocycles. The van der Waals surface area contributed by atoms with Gasteiger partial charge in [0.2, 0.25) is 0 Å². The number of carboxylic acid groups (broad SMARTS) is 1. The van der Waals surface area contributed by atoms with E-state index in [1.165, 1.54) is 4.90 Å². The highest BCUT2D eigenvalue weighted by Crippen LogP contribution is 2.29. The molecule has 0 saturated carbocycles. The van der Waals surface area contributed by atoms with E-state index in [9.17, 15) is 9.59 Å². The van der Waals surface area contributed by atoms with E-state index in [1.54, 1.807) is 38.2 Å². The third-order valence-electron chi connectivity index (χ3n) is 3.28. The van der Waals surface area contributed by atoms with Crippen LogP contribution in [0.3, 0.4) is 0 Å². The van der Waals surface area contributed by atoms with Crippen molar-refractivity contribution in [3.8, 4) is 5.75 Å². The first-order valence-corrected chi connectivity index (χ1v) is 6.87. The molecule has 0 bridgehead atoms. The van der Waals surface area contributed by atoms with Crippen molar-refractivity contribution in [3.05, 3.63) is 34.4 Å². The van der Waals surface area contributed by atoms with Gasteiger partial charge in [-0.15, -0.1) is 0 Å². The van der Waals surface area contributed by atoms with Gasteiger partial charge in [-0.3, -0.25) is 9.59 Å². The molecule has 0 spiro atoms. The van der Waals surface area contributed by atoms with Crippen LogP contribution in [0, 0.1) is 5.92 Å². The molecule has 0 fully saturated rings. The number of amides is 1. The van der Waals surface area contributed by atoms with Gasteiger partial charge in [0.1, 0.15) is 12.4 Å². The number of carboxylic acids is 1. The second-order valence-corrected chi connectivity index (χ2v) is 5.50. The monoisotopic (exact) mass is 309 g/mol. The minimum atomic E-state index is -0.930. The molecule has 1 N–H and O–H groups in total. The molecule has 6 heteroatoms. The Morgan fingerprint density at radius 3 is 2.86 bits per heavy atom. The zero-order chi connectivity index (χ0) is 15.6. The van der Waals surface area contributed by atoms with Gasteiger partial charge < -0.3 is 14.7 Å². The van der Waals surface area contributed by atoms with Gasteiger partial charge in [-0.05, 0) is 24.3 Å².